The average molecular weight is 293 g/mol. The van der Waals surface area contributed by atoms with E-state index in [1.54, 1.807) is 13.8 Å². The molecule has 2 aliphatic rings. The lowest BCUT2D eigenvalue weighted by Crippen LogP contribution is -2.55. The maximum atomic E-state index is 12.7. The molecule has 1 amide bonds. The van der Waals surface area contributed by atoms with Gasteiger partial charge in [0.15, 0.2) is 0 Å². The Hall–Kier alpha value is -1.12. The Kier molecular flexibility index (Phi) is 4.90. The van der Waals surface area contributed by atoms with Crippen molar-refractivity contribution in [3.8, 4) is 6.07 Å². The number of nitrogens with zero attached hydrogens (tertiary/aromatic N) is 3. The van der Waals surface area contributed by atoms with Gasteiger partial charge in [-0.25, -0.2) is 0 Å². The molecule has 5 nitrogen and oxygen atoms in total. The van der Waals surface area contributed by atoms with E-state index in [4.69, 9.17) is 0 Å². The largest absolute Gasteiger partial charge is 0.389 e. The van der Waals surface area contributed by atoms with Gasteiger partial charge < -0.3 is 10.0 Å². The Morgan fingerprint density at radius 3 is 2.24 bits per heavy atom. The number of carbonyl (C=O) groups excluding carboxylic acids is 1. The molecule has 1 heterocycles. The summed E-state index contributed by atoms with van der Waals surface area (Å²) in [5.41, 5.74) is -1.47. The fourth-order valence-corrected chi connectivity index (χ4v) is 3.49. The molecule has 1 saturated heterocycles. The van der Waals surface area contributed by atoms with Crippen molar-refractivity contribution in [3.63, 3.8) is 0 Å². The van der Waals surface area contributed by atoms with Crippen molar-refractivity contribution in [2.45, 2.75) is 51.6 Å². The van der Waals surface area contributed by atoms with Crippen LogP contribution in [0.1, 0.15) is 46.0 Å². The molecule has 118 valence electrons. The number of carbonyl (C=O) groups is 1. The number of piperazine rings is 1. The van der Waals surface area contributed by atoms with Crippen molar-refractivity contribution < 1.29 is 9.90 Å². The Morgan fingerprint density at radius 1 is 1.19 bits per heavy atom. The van der Waals surface area contributed by atoms with Crippen LogP contribution >= 0.6 is 0 Å². The first-order valence-corrected chi connectivity index (χ1v) is 8.02. The SMILES string of the molecule is CC(C)(O)CN1CCN(C(=O)C2(C#N)CCCCC2)CC1. The highest BCUT2D eigenvalue weighted by atomic mass is 16.3. The maximum absolute atomic E-state index is 12.7. The van der Waals surface area contributed by atoms with Crippen LogP contribution in [0.4, 0.5) is 0 Å². The zero-order valence-electron chi connectivity index (χ0n) is 13.3. The van der Waals surface area contributed by atoms with Crippen LogP contribution in [-0.4, -0.2) is 59.1 Å². The van der Waals surface area contributed by atoms with Crippen LogP contribution in [0, 0.1) is 16.7 Å². The van der Waals surface area contributed by atoms with E-state index < -0.39 is 11.0 Å². The molecule has 2 fully saturated rings. The Bertz CT molecular complexity index is 408. The Morgan fingerprint density at radius 2 is 1.76 bits per heavy atom. The summed E-state index contributed by atoms with van der Waals surface area (Å²) >= 11 is 0. The van der Waals surface area contributed by atoms with Crippen LogP contribution in [0.3, 0.4) is 0 Å². The molecule has 0 radical (unpaired) electrons. The van der Waals surface area contributed by atoms with E-state index in [9.17, 15) is 15.2 Å². The summed E-state index contributed by atoms with van der Waals surface area (Å²) in [4.78, 5) is 16.8. The minimum atomic E-state index is -0.767. The number of hydrogen-bond donors (Lipinski definition) is 1. The molecule has 1 N–H and O–H groups in total. The van der Waals surface area contributed by atoms with Crippen LogP contribution in [0.2, 0.25) is 0 Å². The van der Waals surface area contributed by atoms with Gasteiger partial charge >= 0.3 is 0 Å². The zero-order chi connectivity index (χ0) is 15.5. The number of β-amino-alcohol motifs (C(OH)–C–C–N with tert-alkyl or cyclic N) is 1. The molecule has 2 rings (SSSR count). The van der Waals surface area contributed by atoms with Gasteiger partial charge in [-0.3, -0.25) is 9.69 Å². The van der Waals surface area contributed by atoms with Gasteiger partial charge in [0.25, 0.3) is 0 Å². The monoisotopic (exact) mass is 293 g/mol. The molecule has 5 heteroatoms. The van der Waals surface area contributed by atoms with Crippen molar-refractivity contribution in [3.05, 3.63) is 0 Å². The Balaban J connectivity index is 1.92. The highest BCUT2D eigenvalue weighted by molar-refractivity contribution is 5.85. The summed E-state index contributed by atoms with van der Waals surface area (Å²) < 4.78 is 0. The van der Waals surface area contributed by atoms with Crippen LogP contribution in [-0.2, 0) is 4.79 Å². The molecule has 0 unspecified atom stereocenters. The quantitative estimate of drug-likeness (QED) is 0.853. The van der Waals surface area contributed by atoms with Gasteiger partial charge in [0.1, 0.15) is 5.41 Å². The fraction of sp³-hybridized carbons (Fsp3) is 0.875. The van der Waals surface area contributed by atoms with E-state index in [1.165, 1.54) is 0 Å². The molecular weight excluding hydrogens is 266 g/mol. The predicted octanol–water partition coefficient (Wildman–Crippen LogP) is 1.38. The lowest BCUT2D eigenvalue weighted by Gasteiger charge is -2.41. The topological polar surface area (TPSA) is 67.6 Å². The number of hydrogen-bond acceptors (Lipinski definition) is 4. The lowest BCUT2D eigenvalue weighted by molar-refractivity contribution is -0.142. The van der Waals surface area contributed by atoms with E-state index in [0.717, 1.165) is 32.4 Å². The van der Waals surface area contributed by atoms with E-state index in [0.29, 0.717) is 32.5 Å². The van der Waals surface area contributed by atoms with Crippen molar-refractivity contribution in [2.75, 3.05) is 32.7 Å². The van der Waals surface area contributed by atoms with Crippen LogP contribution < -0.4 is 0 Å². The van der Waals surface area contributed by atoms with Crippen molar-refractivity contribution in [1.29, 1.82) is 5.26 Å². The van der Waals surface area contributed by atoms with Crippen molar-refractivity contribution in [2.24, 2.45) is 5.41 Å². The third-order valence-electron chi connectivity index (χ3n) is 4.60. The van der Waals surface area contributed by atoms with Crippen molar-refractivity contribution in [1.82, 2.24) is 9.80 Å². The molecule has 0 atom stereocenters. The molecule has 1 aliphatic carbocycles. The van der Waals surface area contributed by atoms with E-state index in [2.05, 4.69) is 11.0 Å². The highest BCUT2D eigenvalue weighted by Gasteiger charge is 2.43. The minimum Gasteiger partial charge on any atom is -0.389 e. The number of amides is 1. The molecule has 1 aliphatic heterocycles. The molecule has 1 saturated carbocycles. The first kappa shape index (κ1) is 16.3. The van der Waals surface area contributed by atoms with Gasteiger partial charge in [-0.15, -0.1) is 0 Å². The van der Waals surface area contributed by atoms with Gasteiger partial charge in [0.2, 0.25) is 5.91 Å². The molecule has 0 aromatic carbocycles. The number of rotatable bonds is 3. The highest BCUT2D eigenvalue weighted by Crippen LogP contribution is 2.37. The van der Waals surface area contributed by atoms with Gasteiger partial charge in [-0.05, 0) is 26.7 Å². The Labute approximate surface area is 127 Å². The smallest absolute Gasteiger partial charge is 0.243 e. The first-order chi connectivity index (χ1) is 9.86. The van der Waals surface area contributed by atoms with Crippen LogP contribution in [0.15, 0.2) is 0 Å². The normalized spacial score (nSPS) is 23.6. The fourth-order valence-electron chi connectivity index (χ4n) is 3.49. The maximum Gasteiger partial charge on any atom is 0.243 e. The van der Waals surface area contributed by atoms with E-state index in [1.807, 2.05) is 4.90 Å². The first-order valence-electron chi connectivity index (χ1n) is 8.02. The summed E-state index contributed by atoms with van der Waals surface area (Å²) in [6.45, 7) is 7.11. The summed E-state index contributed by atoms with van der Waals surface area (Å²) in [7, 11) is 0. The second kappa shape index (κ2) is 6.33. The number of aliphatic hydroxyl groups is 1. The summed E-state index contributed by atoms with van der Waals surface area (Å²) in [6.07, 6.45) is 4.53. The molecule has 21 heavy (non-hydrogen) atoms. The third-order valence-corrected chi connectivity index (χ3v) is 4.60. The molecule has 0 aromatic rings. The predicted molar refractivity (Wildman–Crippen MR) is 80.4 cm³/mol. The van der Waals surface area contributed by atoms with Crippen LogP contribution in [0.5, 0.6) is 0 Å². The summed E-state index contributed by atoms with van der Waals surface area (Å²) in [5.74, 6) is 0.0348. The van der Waals surface area contributed by atoms with Gasteiger partial charge in [0, 0.05) is 32.7 Å². The minimum absolute atomic E-state index is 0.0348. The average Bonchev–Trinajstić information content (AvgIpc) is 2.46. The van der Waals surface area contributed by atoms with Gasteiger partial charge in [0.05, 0.1) is 11.7 Å². The van der Waals surface area contributed by atoms with E-state index >= 15 is 0 Å². The molecule has 0 bridgehead atoms. The van der Waals surface area contributed by atoms with E-state index in [-0.39, 0.29) is 5.91 Å². The lowest BCUT2D eigenvalue weighted by atomic mass is 9.74. The standard InChI is InChI=1S/C16H27N3O2/c1-15(2,21)13-18-8-10-19(11-9-18)14(20)16(12-17)6-4-3-5-7-16/h21H,3-11,13H2,1-2H3. The molecule has 0 spiro atoms. The molecular formula is C16H27N3O2. The number of nitriles is 1. The van der Waals surface area contributed by atoms with Gasteiger partial charge in [-0.2, -0.15) is 5.26 Å². The van der Waals surface area contributed by atoms with Gasteiger partial charge in [-0.1, -0.05) is 19.3 Å². The molecule has 0 aromatic heterocycles. The summed E-state index contributed by atoms with van der Waals surface area (Å²) in [6, 6.07) is 2.32. The third kappa shape index (κ3) is 3.96. The van der Waals surface area contributed by atoms with Crippen LogP contribution in [0.25, 0.3) is 0 Å². The second-order valence-corrected chi connectivity index (χ2v) is 7.14. The zero-order valence-corrected chi connectivity index (χ0v) is 13.3. The van der Waals surface area contributed by atoms with Crippen molar-refractivity contribution >= 4 is 5.91 Å². The second-order valence-electron chi connectivity index (χ2n) is 7.14. The summed E-state index contributed by atoms with van der Waals surface area (Å²) in [5, 5.41) is 19.4.